The van der Waals surface area contributed by atoms with Gasteiger partial charge < -0.3 is 13.9 Å². The van der Waals surface area contributed by atoms with Gasteiger partial charge in [0.25, 0.3) is 10.7 Å². The van der Waals surface area contributed by atoms with Gasteiger partial charge in [-0.1, -0.05) is 0 Å². The molecule has 0 amide bonds. The molecule has 8 heteroatoms. The highest BCUT2D eigenvalue weighted by Gasteiger charge is 2.18. The van der Waals surface area contributed by atoms with Crippen LogP contribution in [0.15, 0.2) is 40.1 Å². The minimum atomic E-state index is 0.234. The number of ether oxygens (including phenoxy) is 2. The van der Waals surface area contributed by atoms with E-state index in [1.807, 2.05) is 35.6 Å². The lowest BCUT2D eigenvalue weighted by atomic mass is 10.1. The van der Waals surface area contributed by atoms with Crippen molar-refractivity contribution >= 4 is 23.6 Å². The molecule has 136 valence electrons. The van der Waals surface area contributed by atoms with Crippen molar-refractivity contribution < 1.29 is 13.9 Å². The molecule has 1 aliphatic heterocycles. The molecule has 3 heterocycles. The van der Waals surface area contributed by atoms with E-state index in [0.717, 1.165) is 31.0 Å². The zero-order valence-electron chi connectivity index (χ0n) is 14.4. The summed E-state index contributed by atoms with van der Waals surface area (Å²) in [6, 6.07) is 9.58. The van der Waals surface area contributed by atoms with E-state index in [4.69, 9.17) is 26.1 Å². The standard InChI is InChI=1S/C18H19N3O3S2/c1-22-14-2-4-15(5-3-14)23-11-17-19-21(18(25)24-17)12-20-8-6-16-13(10-20)7-9-26-16/h2-5,7,9H,6,8,10-12H2,1H3. The van der Waals surface area contributed by atoms with E-state index >= 15 is 0 Å². The molecule has 0 fully saturated rings. The van der Waals surface area contributed by atoms with E-state index in [-0.39, 0.29) is 6.61 Å². The number of hydrogen-bond donors (Lipinski definition) is 0. The van der Waals surface area contributed by atoms with Crippen LogP contribution in [0.2, 0.25) is 0 Å². The Balaban J connectivity index is 1.37. The Morgan fingerprint density at radius 2 is 2.04 bits per heavy atom. The largest absolute Gasteiger partial charge is 0.497 e. The Labute approximate surface area is 160 Å². The number of thiophene rings is 1. The van der Waals surface area contributed by atoms with Crippen LogP contribution < -0.4 is 9.47 Å². The van der Waals surface area contributed by atoms with E-state index in [0.29, 0.717) is 17.4 Å². The summed E-state index contributed by atoms with van der Waals surface area (Å²) in [5, 5.41) is 6.61. The Kier molecular flexibility index (Phi) is 5.05. The van der Waals surface area contributed by atoms with Gasteiger partial charge in [0.1, 0.15) is 11.5 Å². The second kappa shape index (κ2) is 7.61. The maximum Gasteiger partial charge on any atom is 0.288 e. The van der Waals surface area contributed by atoms with Crippen molar-refractivity contribution in [2.45, 2.75) is 26.2 Å². The van der Waals surface area contributed by atoms with Crippen LogP contribution in [0.1, 0.15) is 16.3 Å². The van der Waals surface area contributed by atoms with Gasteiger partial charge in [0.15, 0.2) is 6.61 Å². The summed E-state index contributed by atoms with van der Waals surface area (Å²) < 4.78 is 18.1. The lowest BCUT2D eigenvalue weighted by molar-refractivity contribution is 0.187. The fourth-order valence-corrected chi connectivity index (χ4v) is 4.02. The first kappa shape index (κ1) is 17.3. The number of rotatable bonds is 6. The number of nitrogens with zero attached hydrogens (tertiary/aromatic N) is 3. The van der Waals surface area contributed by atoms with Crippen LogP contribution in [0, 0.1) is 4.84 Å². The second-order valence-corrected chi connectivity index (χ2v) is 7.39. The first-order valence-corrected chi connectivity index (χ1v) is 9.61. The minimum absolute atomic E-state index is 0.234. The Bertz CT molecular complexity index is 930. The van der Waals surface area contributed by atoms with Crippen LogP contribution in [0.5, 0.6) is 11.5 Å². The van der Waals surface area contributed by atoms with Crippen molar-refractivity contribution in [2.75, 3.05) is 13.7 Å². The predicted molar refractivity (Wildman–Crippen MR) is 101 cm³/mol. The van der Waals surface area contributed by atoms with Gasteiger partial charge in [-0.15, -0.1) is 16.4 Å². The van der Waals surface area contributed by atoms with Crippen molar-refractivity contribution in [1.29, 1.82) is 0 Å². The van der Waals surface area contributed by atoms with E-state index in [1.54, 1.807) is 11.8 Å². The van der Waals surface area contributed by atoms with Gasteiger partial charge in [0.2, 0.25) is 0 Å². The molecule has 3 aromatic rings. The number of hydrogen-bond acceptors (Lipinski definition) is 7. The number of benzene rings is 1. The molecule has 2 aromatic heterocycles. The van der Waals surface area contributed by atoms with Crippen LogP contribution >= 0.6 is 23.6 Å². The van der Waals surface area contributed by atoms with Crippen LogP contribution in [-0.2, 0) is 26.2 Å². The third kappa shape index (κ3) is 3.82. The molecule has 1 aromatic carbocycles. The fraction of sp³-hybridized carbons (Fsp3) is 0.333. The summed E-state index contributed by atoms with van der Waals surface area (Å²) in [6.45, 7) is 2.78. The monoisotopic (exact) mass is 389 g/mol. The molecular weight excluding hydrogens is 370 g/mol. The number of fused-ring (bicyclic) bond motifs is 1. The van der Waals surface area contributed by atoms with Gasteiger partial charge in [-0.25, -0.2) is 4.68 Å². The van der Waals surface area contributed by atoms with E-state index in [2.05, 4.69) is 21.4 Å². The molecule has 0 N–H and O–H groups in total. The Hall–Kier alpha value is -2.16. The van der Waals surface area contributed by atoms with Crippen molar-refractivity contribution in [2.24, 2.45) is 0 Å². The summed E-state index contributed by atoms with van der Waals surface area (Å²) in [4.78, 5) is 4.18. The summed E-state index contributed by atoms with van der Waals surface area (Å²) in [5.41, 5.74) is 1.40. The van der Waals surface area contributed by atoms with Crippen LogP contribution in [-0.4, -0.2) is 28.3 Å². The van der Waals surface area contributed by atoms with Gasteiger partial charge >= 0.3 is 0 Å². The maximum absolute atomic E-state index is 5.70. The Morgan fingerprint density at radius 3 is 2.85 bits per heavy atom. The highest BCUT2D eigenvalue weighted by atomic mass is 32.1. The third-order valence-corrected chi connectivity index (χ3v) is 5.61. The number of aromatic nitrogens is 2. The smallest absolute Gasteiger partial charge is 0.288 e. The zero-order valence-corrected chi connectivity index (χ0v) is 16.0. The average Bonchev–Trinajstić information content (AvgIpc) is 3.27. The van der Waals surface area contributed by atoms with Gasteiger partial charge in [-0.3, -0.25) is 4.90 Å². The fourth-order valence-electron chi connectivity index (χ4n) is 2.93. The first-order valence-electron chi connectivity index (χ1n) is 8.32. The molecule has 26 heavy (non-hydrogen) atoms. The molecule has 0 saturated carbocycles. The topological polar surface area (TPSA) is 52.7 Å². The van der Waals surface area contributed by atoms with Gasteiger partial charge in [-0.2, -0.15) is 0 Å². The summed E-state index contributed by atoms with van der Waals surface area (Å²) in [6.07, 6.45) is 1.08. The van der Waals surface area contributed by atoms with E-state index in [9.17, 15) is 0 Å². The normalized spacial score (nSPS) is 14.2. The molecular formula is C18H19N3O3S2. The predicted octanol–water partition coefficient (Wildman–Crippen LogP) is 3.87. The van der Waals surface area contributed by atoms with Crippen LogP contribution in [0.25, 0.3) is 0 Å². The molecule has 0 radical (unpaired) electrons. The molecule has 0 aliphatic carbocycles. The summed E-state index contributed by atoms with van der Waals surface area (Å²) in [7, 11) is 1.63. The molecule has 0 saturated heterocycles. The maximum atomic E-state index is 5.70. The van der Waals surface area contributed by atoms with Crippen molar-refractivity contribution in [1.82, 2.24) is 14.7 Å². The Morgan fingerprint density at radius 1 is 1.23 bits per heavy atom. The summed E-state index contributed by atoms with van der Waals surface area (Å²) >= 11 is 7.14. The van der Waals surface area contributed by atoms with Crippen molar-refractivity contribution in [3.8, 4) is 11.5 Å². The number of methoxy groups -OCH3 is 1. The van der Waals surface area contributed by atoms with Crippen molar-refractivity contribution in [3.05, 3.63) is 56.9 Å². The van der Waals surface area contributed by atoms with Gasteiger partial charge in [0.05, 0.1) is 13.8 Å². The molecule has 1 aliphatic rings. The minimum Gasteiger partial charge on any atom is -0.497 e. The molecule has 4 rings (SSSR count). The SMILES string of the molecule is COc1ccc(OCc2nn(CN3CCc4sccc4C3)c(=S)o2)cc1. The lowest BCUT2D eigenvalue weighted by Crippen LogP contribution is -2.32. The highest BCUT2D eigenvalue weighted by molar-refractivity contribution is 7.71. The lowest BCUT2D eigenvalue weighted by Gasteiger charge is -2.26. The molecule has 0 spiro atoms. The molecule has 0 unspecified atom stereocenters. The first-order chi connectivity index (χ1) is 12.7. The second-order valence-electron chi connectivity index (χ2n) is 6.04. The third-order valence-electron chi connectivity index (χ3n) is 4.29. The molecule has 0 atom stereocenters. The summed E-state index contributed by atoms with van der Waals surface area (Å²) in [5.74, 6) is 1.98. The van der Waals surface area contributed by atoms with E-state index in [1.165, 1.54) is 10.4 Å². The average molecular weight is 390 g/mol. The van der Waals surface area contributed by atoms with E-state index < -0.39 is 0 Å². The van der Waals surface area contributed by atoms with Crippen LogP contribution in [0.3, 0.4) is 0 Å². The van der Waals surface area contributed by atoms with Gasteiger partial charge in [-0.05, 0) is 59.9 Å². The zero-order chi connectivity index (χ0) is 17.9. The van der Waals surface area contributed by atoms with Crippen LogP contribution in [0.4, 0.5) is 0 Å². The quantitative estimate of drug-likeness (QED) is 0.597. The molecule has 6 nitrogen and oxygen atoms in total. The van der Waals surface area contributed by atoms with Crippen molar-refractivity contribution in [3.63, 3.8) is 0 Å². The molecule has 0 bridgehead atoms. The van der Waals surface area contributed by atoms with Gasteiger partial charge in [0, 0.05) is 18.0 Å². The highest BCUT2D eigenvalue weighted by Crippen LogP contribution is 2.24.